The summed E-state index contributed by atoms with van der Waals surface area (Å²) in [6, 6.07) is 14.8. The van der Waals surface area contributed by atoms with Crippen LogP contribution in [0.4, 0.5) is 4.79 Å². The molecule has 6 nitrogen and oxygen atoms in total. The van der Waals surface area contributed by atoms with Gasteiger partial charge in [0.25, 0.3) is 0 Å². The van der Waals surface area contributed by atoms with Gasteiger partial charge in [0.1, 0.15) is 6.33 Å². The molecule has 0 unspecified atom stereocenters. The van der Waals surface area contributed by atoms with E-state index in [1.165, 1.54) is 16.3 Å². The molecule has 0 aliphatic carbocycles. The number of hydrogen-bond donors (Lipinski definition) is 1. The summed E-state index contributed by atoms with van der Waals surface area (Å²) in [4.78, 5) is 14.8. The summed E-state index contributed by atoms with van der Waals surface area (Å²) in [7, 11) is 0. The van der Waals surface area contributed by atoms with Crippen molar-refractivity contribution >= 4 is 16.8 Å². The van der Waals surface area contributed by atoms with E-state index in [4.69, 9.17) is 0 Å². The smallest absolute Gasteiger partial charge is 0.318 e. The number of benzene rings is 2. The first-order valence-electron chi connectivity index (χ1n) is 9.16. The number of nitrogens with zero attached hydrogens (tertiary/aromatic N) is 4. The average molecular weight is 349 g/mol. The molecule has 1 aromatic heterocycles. The molecule has 0 spiro atoms. The van der Waals surface area contributed by atoms with Gasteiger partial charge >= 0.3 is 6.03 Å². The maximum atomic E-state index is 12.8. The molecule has 0 bridgehead atoms. The summed E-state index contributed by atoms with van der Waals surface area (Å²) in [5.41, 5.74) is 1.23. The Morgan fingerprint density at radius 1 is 1.23 bits per heavy atom. The SMILES string of the molecule is CCn1cnnc1CNC(=O)N1CCC[C@@H]1c1cccc2ccccc12. The normalized spacial score (nSPS) is 17.0. The number of urea groups is 1. The van der Waals surface area contributed by atoms with Crippen molar-refractivity contribution in [3.05, 3.63) is 60.2 Å². The van der Waals surface area contributed by atoms with Gasteiger partial charge in [0, 0.05) is 13.1 Å². The standard InChI is InChI=1S/C20H23N5O/c1-2-24-14-22-23-19(24)13-21-20(26)25-12-6-11-18(25)17-10-5-8-15-7-3-4-9-16(15)17/h3-5,7-10,14,18H,2,6,11-13H2,1H3,(H,21,26)/t18-/m1/s1. The van der Waals surface area contributed by atoms with Gasteiger partial charge in [0.15, 0.2) is 5.82 Å². The minimum atomic E-state index is -0.0360. The zero-order valence-electron chi connectivity index (χ0n) is 14.9. The van der Waals surface area contributed by atoms with Crippen molar-refractivity contribution in [3.63, 3.8) is 0 Å². The lowest BCUT2D eigenvalue weighted by atomic mass is 9.97. The highest BCUT2D eigenvalue weighted by Crippen LogP contribution is 2.35. The van der Waals surface area contributed by atoms with Crippen LogP contribution in [-0.2, 0) is 13.1 Å². The average Bonchev–Trinajstić information content (AvgIpc) is 3.34. The predicted molar refractivity (Wildman–Crippen MR) is 101 cm³/mol. The molecule has 0 radical (unpaired) electrons. The molecular weight excluding hydrogens is 326 g/mol. The summed E-state index contributed by atoms with van der Waals surface area (Å²) in [6.07, 6.45) is 3.70. The molecule has 2 aromatic carbocycles. The van der Waals surface area contributed by atoms with Crippen LogP contribution in [0.15, 0.2) is 48.8 Å². The number of carbonyl (C=O) groups is 1. The van der Waals surface area contributed by atoms with Crippen molar-refractivity contribution in [2.24, 2.45) is 0 Å². The molecule has 1 atom stereocenters. The molecule has 1 aliphatic rings. The van der Waals surface area contributed by atoms with Crippen molar-refractivity contribution in [1.29, 1.82) is 0 Å². The Hall–Kier alpha value is -2.89. The summed E-state index contributed by atoms with van der Waals surface area (Å²) < 4.78 is 1.94. The first-order valence-corrected chi connectivity index (χ1v) is 9.16. The zero-order valence-corrected chi connectivity index (χ0v) is 14.9. The van der Waals surface area contributed by atoms with Gasteiger partial charge < -0.3 is 14.8 Å². The molecule has 2 heterocycles. The van der Waals surface area contributed by atoms with E-state index in [0.29, 0.717) is 6.54 Å². The lowest BCUT2D eigenvalue weighted by molar-refractivity contribution is 0.192. The molecule has 1 saturated heterocycles. The second-order valence-electron chi connectivity index (χ2n) is 6.61. The highest BCUT2D eigenvalue weighted by molar-refractivity contribution is 5.87. The number of aryl methyl sites for hydroxylation is 1. The van der Waals surface area contributed by atoms with Gasteiger partial charge in [-0.15, -0.1) is 10.2 Å². The summed E-state index contributed by atoms with van der Waals surface area (Å²) in [5, 5.41) is 13.5. The van der Waals surface area contributed by atoms with Crippen LogP contribution in [0.5, 0.6) is 0 Å². The van der Waals surface area contributed by atoms with Crippen LogP contribution < -0.4 is 5.32 Å². The number of rotatable bonds is 4. The van der Waals surface area contributed by atoms with E-state index in [2.05, 4.69) is 58.0 Å². The second kappa shape index (κ2) is 7.15. The number of carbonyl (C=O) groups excluding carboxylic acids is 1. The molecule has 1 fully saturated rings. The minimum Gasteiger partial charge on any atom is -0.331 e. The molecule has 3 aromatic rings. The van der Waals surface area contributed by atoms with Crippen LogP contribution in [0.1, 0.15) is 37.2 Å². The van der Waals surface area contributed by atoms with Crippen LogP contribution in [0.25, 0.3) is 10.8 Å². The van der Waals surface area contributed by atoms with E-state index in [9.17, 15) is 4.79 Å². The fourth-order valence-corrected chi connectivity index (χ4v) is 3.81. The number of nitrogens with one attached hydrogen (secondary N) is 1. The molecule has 6 heteroatoms. The van der Waals surface area contributed by atoms with E-state index < -0.39 is 0 Å². The van der Waals surface area contributed by atoms with Crippen molar-refractivity contribution in [1.82, 2.24) is 25.0 Å². The van der Waals surface area contributed by atoms with E-state index in [0.717, 1.165) is 31.8 Å². The molecular formula is C20H23N5O. The summed E-state index contributed by atoms with van der Waals surface area (Å²) in [5.74, 6) is 0.779. The summed E-state index contributed by atoms with van der Waals surface area (Å²) >= 11 is 0. The lowest BCUT2D eigenvalue weighted by Crippen LogP contribution is -2.39. The van der Waals surface area contributed by atoms with E-state index in [-0.39, 0.29) is 12.1 Å². The third kappa shape index (κ3) is 3.03. The fraction of sp³-hybridized carbons (Fsp3) is 0.350. The Kier molecular flexibility index (Phi) is 4.56. The van der Waals surface area contributed by atoms with Gasteiger partial charge in [-0.1, -0.05) is 42.5 Å². The molecule has 4 rings (SSSR count). The number of fused-ring (bicyclic) bond motifs is 1. The highest BCUT2D eigenvalue weighted by atomic mass is 16.2. The third-order valence-electron chi connectivity index (χ3n) is 5.13. The van der Waals surface area contributed by atoms with E-state index in [1.54, 1.807) is 6.33 Å². The largest absolute Gasteiger partial charge is 0.331 e. The topological polar surface area (TPSA) is 63.1 Å². The van der Waals surface area contributed by atoms with Gasteiger partial charge in [0.05, 0.1) is 12.6 Å². The fourth-order valence-electron chi connectivity index (χ4n) is 3.81. The first kappa shape index (κ1) is 16.6. The van der Waals surface area contributed by atoms with E-state index in [1.807, 2.05) is 16.4 Å². The van der Waals surface area contributed by atoms with Gasteiger partial charge in [-0.3, -0.25) is 0 Å². The van der Waals surface area contributed by atoms with Gasteiger partial charge in [-0.05, 0) is 36.1 Å². The number of hydrogen-bond acceptors (Lipinski definition) is 3. The Bertz CT molecular complexity index is 914. The van der Waals surface area contributed by atoms with Crippen molar-refractivity contribution in [2.45, 2.75) is 38.9 Å². The zero-order chi connectivity index (χ0) is 17.9. The van der Waals surface area contributed by atoms with Gasteiger partial charge in [-0.25, -0.2) is 4.79 Å². The number of amides is 2. The van der Waals surface area contributed by atoms with Crippen LogP contribution in [-0.4, -0.2) is 32.2 Å². The molecule has 1 aliphatic heterocycles. The van der Waals surface area contributed by atoms with Crippen molar-refractivity contribution in [3.8, 4) is 0 Å². The Labute approximate surface area is 152 Å². The molecule has 0 saturated carbocycles. The quantitative estimate of drug-likeness (QED) is 0.784. The molecule has 26 heavy (non-hydrogen) atoms. The van der Waals surface area contributed by atoms with Gasteiger partial charge in [-0.2, -0.15) is 0 Å². The van der Waals surface area contributed by atoms with Crippen LogP contribution in [0.2, 0.25) is 0 Å². The van der Waals surface area contributed by atoms with Crippen LogP contribution in [0, 0.1) is 0 Å². The minimum absolute atomic E-state index is 0.0360. The Morgan fingerprint density at radius 3 is 2.96 bits per heavy atom. The molecule has 2 amide bonds. The monoisotopic (exact) mass is 349 g/mol. The summed E-state index contributed by atoms with van der Waals surface area (Å²) in [6.45, 7) is 4.00. The van der Waals surface area contributed by atoms with Crippen molar-refractivity contribution < 1.29 is 4.79 Å². The first-order chi connectivity index (χ1) is 12.8. The van der Waals surface area contributed by atoms with Crippen molar-refractivity contribution in [2.75, 3.05) is 6.54 Å². The maximum Gasteiger partial charge on any atom is 0.318 e. The molecule has 134 valence electrons. The highest BCUT2D eigenvalue weighted by Gasteiger charge is 2.30. The van der Waals surface area contributed by atoms with Crippen LogP contribution in [0.3, 0.4) is 0 Å². The Morgan fingerprint density at radius 2 is 2.08 bits per heavy atom. The maximum absolute atomic E-state index is 12.8. The third-order valence-corrected chi connectivity index (χ3v) is 5.13. The van der Waals surface area contributed by atoms with Gasteiger partial charge in [0.2, 0.25) is 0 Å². The lowest BCUT2D eigenvalue weighted by Gasteiger charge is -2.26. The van der Waals surface area contributed by atoms with E-state index >= 15 is 0 Å². The second-order valence-corrected chi connectivity index (χ2v) is 6.61. The Balaban J connectivity index is 1.53. The number of aromatic nitrogens is 3. The number of likely N-dealkylation sites (tertiary alicyclic amines) is 1. The predicted octanol–water partition coefficient (Wildman–Crippen LogP) is 3.50. The van der Waals surface area contributed by atoms with Crippen LogP contribution >= 0.6 is 0 Å². The molecule has 1 N–H and O–H groups in total.